The molecule has 0 aliphatic carbocycles. The molecule has 10 heteroatoms. The third kappa shape index (κ3) is 3.02. The number of hydrogen-bond donors (Lipinski definition) is 1. The Morgan fingerprint density at radius 2 is 1.90 bits per heavy atom. The lowest BCUT2D eigenvalue weighted by atomic mass is 10.2. The van der Waals surface area contributed by atoms with Gasteiger partial charge >= 0.3 is 5.82 Å². The molecule has 0 radical (unpaired) electrons. The van der Waals surface area contributed by atoms with E-state index in [-0.39, 0.29) is 22.5 Å². The van der Waals surface area contributed by atoms with Crippen LogP contribution in [0.25, 0.3) is 22.1 Å². The van der Waals surface area contributed by atoms with Crippen LogP contribution in [-0.4, -0.2) is 21.0 Å². The molecule has 0 amide bonds. The number of carboxylic acids is 1. The molecule has 1 N–H and O–H groups in total. The third-order valence-corrected chi connectivity index (χ3v) is 5.11. The zero-order chi connectivity index (χ0) is 21.6. The van der Waals surface area contributed by atoms with Gasteiger partial charge in [-0.3, -0.25) is 0 Å². The van der Waals surface area contributed by atoms with Crippen LogP contribution in [-0.2, 0) is 4.79 Å². The Balaban J connectivity index is 1.78. The lowest BCUT2D eigenvalue weighted by molar-refractivity contribution is -0.623. The molecule has 0 spiro atoms. The number of nitrogens with one attached hydrogen (secondary N) is 1. The highest BCUT2D eigenvalue weighted by Crippen LogP contribution is 2.24. The molecule has 154 valence electrons. The molecule has 0 saturated carbocycles. The van der Waals surface area contributed by atoms with Crippen LogP contribution in [0.5, 0.6) is 0 Å². The summed E-state index contributed by atoms with van der Waals surface area (Å²) in [6.07, 6.45) is 0.302. The van der Waals surface area contributed by atoms with Gasteiger partial charge in [-0.15, -0.1) is 5.10 Å². The summed E-state index contributed by atoms with van der Waals surface area (Å²) in [6, 6.07) is 9.08. The molecule has 0 aliphatic heterocycles. The van der Waals surface area contributed by atoms with Crippen LogP contribution >= 0.6 is 0 Å². The van der Waals surface area contributed by atoms with E-state index in [0.717, 1.165) is 5.56 Å². The van der Waals surface area contributed by atoms with Gasteiger partial charge in [0.05, 0.1) is 17.5 Å². The lowest BCUT2D eigenvalue weighted by Crippen LogP contribution is -2.43. The first-order valence-electron chi connectivity index (χ1n) is 9.40. The molecule has 4 aromatic rings. The number of aryl methyl sites for hydroxylation is 1. The number of nitrogens with zero attached hydrogens (tertiary/aromatic N) is 5. The van der Waals surface area contributed by atoms with Gasteiger partial charge in [0.25, 0.3) is 11.2 Å². The van der Waals surface area contributed by atoms with Crippen molar-refractivity contribution in [2.45, 2.75) is 33.2 Å². The van der Waals surface area contributed by atoms with Crippen LogP contribution in [0.1, 0.15) is 30.6 Å². The minimum absolute atomic E-state index is 0.0935. The molecular weight excluding hydrogens is 388 g/mol. The van der Waals surface area contributed by atoms with E-state index in [1.807, 2.05) is 6.92 Å². The predicted octanol–water partition coefficient (Wildman–Crippen LogP) is 0.913. The van der Waals surface area contributed by atoms with Gasteiger partial charge in [-0.25, -0.2) is 14.7 Å². The van der Waals surface area contributed by atoms with Gasteiger partial charge in [-0.2, -0.15) is 4.73 Å². The number of benzene rings is 2. The zero-order valence-corrected chi connectivity index (χ0v) is 16.6. The number of anilines is 2. The first kappa shape index (κ1) is 19.4. The molecule has 10 nitrogen and oxygen atoms in total. The largest absolute Gasteiger partial charge is 0.710 e. The van der Waals surface area contributed by atoms with Crippen molar-refractivity contribution in [2.24, 2.45) is 0 Å². The van der Waals surface area contributed by atoms with Crippen LogP contribution in [0.2, 0.25) is 0 Å². The minimum atomic E-state index is -1.24. The van der Waals surface area contributed by atoms with Gasteiger partial charge in [0, 0.05) is 19.1 Å². The second-order valence-electron chi connectivity index (χ2n) is 7.12. The Labute approximate surface area is 171 Å². The van der Waals surface area contributed by atoms with E-state index in [4.69, 9.17) is 0 Å². The van der Waals surface area contributed by atoms with E-state index in [2.05, 4.69) is 15.6 Å². The normalized spacial score (nSPS) is 12.4. The van der Waals surface area contributed by atoms with Crippen molar-refractivity contribution in [1.29, 1.82) is 0 Å². The molecule has 4 rings (SSSR count). The van der Waals surface area contributed by atoms with Crippen molar-refractivity contribution >= 4 is 39.5 Å². The molecule has 0 fully saturated rings. The fraction of sp³-hybridized carbons (Fsp3) is 0.250. The van der Waals surface area contributed by atoms with Crippen molar-refractivity contribution in [3.05, 3.63) is 58.1 Å². The summed E-state index contributed by atoms with van der Waals surface area (Å²) < 4.78 is 2.71. The van der Waals surface area contributed by atoms with Gasteiger partial charge in [0.15, 0.2) is 0 Å². The van der Waals surface area contributed by atoms with E-state index in [1.54, 1.807) is 50.2 Å². The van der Waals surface area contributed by atoms with E-state index in [9.17, 15) is 20.3 Å². The Hall–Kier alpha value is -3.95. The van der Waals surface area contributed by atoms with Gasteiger partial charge in [-0.05, 0) is 37.1 Å². The number of hydrogen-bond acceptors (Lipinski definition) is 7. The summed E-state index contributed by atoms with van der Waals surface area (Å²) in [5, 5.41) is 47.8. The fourth-order valence-electron chi connectivity index (χ4n) is 3.48. The van der Waals surface area contributed by atoms with Crippen molar-refractivity contribution < 1.29 is 19.4 Å². The smallest absolute Gasteiger partial charge is 0.352 e. The van der Waals surface area contributed by atoms with Gasteiger partial charge < -0.3 is 20.3 Å². The van der Waals surface area contributed by atoms with Gasteiger partial charge in [0.2, 0.25) is 5.52 Å². The van der Waals surface area contributed by atoms with Crippen LogP contribution in [0.3, 0.4) is 0 Å². The van der Waals surface area contributed by atoms with Crippen LogP contribution in [0.4, 0.5) is 11.5 Å². The molecule has 30 heavy (non-hydrogen) atoms. The highest BCUT2D eigenvalue weighted by Gasteiger charge is 2.24. The van der Waals surface area contributed by atoms with E-state index >= 15 is 0 Å². The number of rotatable bonds is 5. The summed E-state index contributed by atoms with van der Waals surface area (Å²) >= 11 is 0. The summed E-state index contributed by atoms with van der Waals surface area (Å²) in [7, 11) is 0. The molecule has 0 bridgehead atoms. The Morgan fingerprint density at radius 3 is 2.60 bits per heavy atom. The molecular formula is C20H19N6O4-. The summed E-state index contributed by atoms with van der Waals surface area (Å²) in [5.74, 6) is -1.14. The molecule has 0 aliphatic rings. The first-order chi connectivity index (χ1) is 14.3. The molecule has 1 unspecified atom stereocenters. The number of aliphatic carboxylic acids is 1. The van der Waals surface area contributed by atoms with Crippen LogP contribution in [0, 0.1) is 24.3 Å². The second-order valence-corrected chi connectivity index (χ2v) is 7.12. The molecule has 2 aromatic carbocycles. The summed E-state index contributed by atoms with van der Waals surface area (Å²) in [4.78, 5) is 11.3. The monoisotopic (exact) mass is 407 g/mol. The maximum absolute atomic E-state index is 12.9. The standard InChI is InChI=1S/C20H20N6O4/c1-4-15(20(27)28)24-16-8-6-13(10-14(16)22-23-24)21-19-12(3)25(29)17-7-5-11(2)9-18(17)26(19)30/h5-10,15,21H,4H2,1-3H3,(H,27,28)/p-1. The molecule has 2 heterocycles. The summed E-state index contributed by atoms with van der Waals surface area (Å²) in [5.41, 5.74) is 3.09. The molecule has 2 aromatic heterocycles. The Kier molecular flexibility index (Phi) is 4.61. The lowest BCUT2D eigenvalue weighted by Gasteiger charge is -2.16. The predicted molar refractivity (Wildman–Crippen MR) is 106 cm³/mol. The molecule has 0 saturated heterocycles. The van der Waals surface area contributed by atoms with Crippen molar-refractivity contribution in [3.63, 3.8) is 0 Å². The quantitative estimate of drug-likeness (QED) is 0.383. The minimum Gasteiger partial charge on any atom is -0.710 e. The third-order valence-electron chi connectivity index (χ3n) is 5.11. The maximum Gasteiger partial charge on any atom is 0.352 e. The maximum atomic E-state index is 12.9. The number of carbonyl (C=O) groups excluding carboxylic acids is 1. The Bertz CT molecular complexity index is 1300. The van der Waals surface area contributed by atoms with E-state index in [0.29, 0.717) is 32.6 Å². The summed E-state index contributed by atoms with van der Waals surface area (Å²) in [6.45, 7) is 5.12. The van der Waals surface area contributed by atoms with Crippen molar-refractivity contribution in [1.82, 2.24) is 15.0 Å². The fourth-order valence-corrected chi connectivity index (χ4v) is 3.48. The number of fused-ring (bicyclic) bond motifs is 2. The van der Waals surface area contributed by atoms with Gasteiger partial charge in [0.1, 0.15) is 11.2 Å². The second kappa shape index (κ2) is 7.14. The van der Waals surface area contributed by atoms with Crippen LogP contribution < -0.4 is 19.9 Å². The number of aromatic nitrogens is 5. The SMILES string of the molecule is CCC(C(=O)[O-])n1nnc2cc(Nc3c(C)[n+]([O-])c4ccc(C)cc4[n+]3[O-])ccc21. The van der Waals surface area contributed by atoms with Crippen LogP contribution in [0.15, 0.2) is 36.4 Å². The highest BCUT2D eigenvalue weighted by atomic mass is 16.5. The first-order valence-corrected chi connectivity index (χ1v) is 9.40. The zero-order valence-electron chi connectivity index (χ0n) is 16.6. The Morgan fingerprint density at radius 1 is 1.13 bits per heavy atom. The van der Waals surface area contributed by atoms with Gasteiger partial charge in [-0.1, -0.05) is 18.2 Å². The van der Waals surface area contributed by atoms with E-state index < -0.39 is 12.0 Å². The van der Waals surface area contributed by atoms with Crippen molar-refractivity contribution in [2.75, 3.05) is 5.32 Å². The number of carbonyl (C=O) groups is 1. The topological polar surface area (TPSA) is 137 Å². The molecule has 1 atom stereocenters. The van der Waals surface area contributed by atoms with Crippen molar-refractivity contribution in [3.8, 4) is 0 Å². The highest BCUT2D eigenvalue weighted by molar-refractivity contribution is 5.82. The van der Waals surface area contributed by atoms with E-state index in [1.165, 1.54) is 4.68 Å². The number of carboxylic acid groups (broad SMARTS) is 1. The average Bonchev–Trinajstić information content (AvgIpc) is 3.13. The average molecular weight is 407 g/mol.